The van der Waals surface area contributed by atoms with Gasteiger partial charge in [0.2, 0.25) is 0 Å². The lowest BCUT2D eigenvalue weighted by atomic mass is 10.0. The fourth-order valence-electron chi connectivity index (χ4n) is 2.60. The van der Waals surface area contributed by atoms with Gasteiger partial charge in [0.1, 0.15) is 0 Å². The molecule has 1 fully saturated rings. The van der Waals surface area contributed by atoms with E-state index in [1.54, 1.807) is 6.07 Å². The average molecular weight is 278 g/mol. The number of nitrogens with one attached hydrogen (secondary N) is 1. The van der Waals surface area contributed by atoms with Gasteiger partial charge >= 0.3 is 5.82 Å². The Balaban J connectivity index is 1.69. The highest BCUT2D eigenvalue weighted by Gasteiger charge is 2.17. The highest BCUT2D eigenvalue weighted by Crippen LogP contribution is 2.16. The Morgan fingerprint density at radius 3 is 3.00 bits per heavy atom. The fourth-order valence-corrected chi connectivity index (χ4v) is 2.60. The van der Waals surface area contributed by atoms with Gasteiger partial charge in [-0.2, -0.15) is 0 Å². The lowest BCUT2D eigenvalue weighted by molar-refractivity contribution is -0.389. The Hall–Kier alpha value is -1.69. The van der Waals surface area contributed by atoms with Crippen LogP contribution in [-0.2, 0) is 0 Å². The maximum Gasteiger partial charge on any atom is 0.363 e. The van der Waals surface area contributed by atoms with E-state index < -0.39 is 4.92 Å². The number of nitro groups is 1. The molecule has 1 aromatic rings. The first-order valence-corrected chi connectivity index (χ1v) is 7.25. The molecule has 0 spiro atoms. The molecule has 1 aliphatic heterocycles. The SMILES string of the molecule is CC1CCCCN1CCCNc1ccc([N+](=O)[O-])nc1. The summed E-state index contributed by atoms with van der Waals surface area (Å²) < 4.78 is 0. The number of nitrogens with zero attached hydrogens (tertiary/aromatic N) is 3. The molecule has 6 heteroatoms. The number of anilines is 1. The maximum absolute atomic E-state index is 10.5. The molecule has 0 bridgehead atoms. The van der Waals surface area contributed by atoms with E-state index in [9.17, 15) is 10.1 Å². The highest BCUT2D eigenvalue weighted by molar-refractivity contribution is 5.43. The number of likely N-dealkylation sites (tertiary alicyclic amines) is 1. The van der Waals surface area contributed by atoms with E-state index in [0.29, 0.717) is 6.04 Å². The number of piperidine rings is 1. The highest BCUT2D eigenvalue weighted by atomic mass is 16.6. The average Bonchev–Trinajstić information content (AvgIpc) is 2.46. The number of aromatic nitrogens is 1. The minimum atomic E-state index is -0.485. The van der Waals surface area contributed by atoms with Crippen LogP contribution in [0.25, 0.3) is 0 Å². The molecular formula is C14H22N4O2. The van der Waals surface area contributed by atoms with Crippen molar-refractivity contribution >= 4 is 11.5 Å². The van der Waals surface area contributed by atoms with Crippen LogP contribution in [-0.4, -0.2) is 40.5 Å². The zero-order chi connectivity index (χ0) is 14.4. The standard InChI is InChI=1S/C14H22N4O2/c1-12-5-2-3-9-17(12)10-4-8-15-13-6-7-14(16-11-13)18(19)20/h6-7,11-12,15H,2-5,8-10H2,1H3. The number of rotatable bonds is 6. The van der Waals surface area contributed by atoms with Gasteiger partial charge in [-0.05, 0) is 48.7 Å². The Morgan fingerprint density at radius 1 is 1.50 bits per heavy atom. The molecule has 1 atom stereocenters. The molecule has 1 unspecified atom stereocenters. The first-order chi connectivity index (χ1) is 9.66. The van der Waals surface area contributed by atoms with Crippen molar-refractivity contribution in [3.8, 4) is 0 Å². The van der Waals surface area contributed by atoms with Crippen LogP contribution in [0.4, 0.5) is 11.5 Å². The molecule has 0 amide bonds. The quantitative estimate of drug-likeness (QED) is 0.492. The Kier molecular flexibility index (Phi) is 5.29. The van der Waals surface area contributed by atoms with Crippen LogP contribution in [0.15, 0.2) is 18.3 Å². The minimum absolute atomic E-state index is 0.113. The zero-order valence-corrected chi connectivity index (χ0v) is 11.9. The topological polar surface area (TPSA) is 71.3 Å². The van der Waals surface area contributed by atoms with Gasteiger partial charge in [0.25, 0.3) is 0 Å². The van der Waals surface area contributed by atoms with Crippen LogP contribution >= 0.6 is 0 Å². The zero-order valence-electron chi connectivity index (χ0n) is 11.9. The van der Waals surface area contributed by atoms with Crippen molar-refractivity contribution in [2.24, 2.45) is 0 Å². The van der Waals surface area contributed by atoms with Gasteiger partial charge in [0.15, 0.2) is 6.20 Å². The number of hydrogen-bond acceptors (Lipinski definition) is 5. The Labute approximate surface area is 119 Å². The van der Waals surface area contributed by atoms with Crippen molar-refractivity contribution < 1.29 is 4.92 Å². The third-order valence-electron chi connectivity index (χ3n) is 3.83. The lowest BCUT2D eigenvalue weighted by Crippen LogP contribution is -2.38. The van der Waals surface area contributed by atoms with E-state index in [0.717, 1.165) is 25.2 Å². The van der Waals surface area contributed by atoms with Gasteiger partial charge in [-0.3, -0.25) is 0 Å². The molecule has 1 N–H and O–H groups in total. The molecule has 2 heterocycles. The summed E-state index contributed by atoms with van der Waals surface area (Å²) in [6, 6.07) is 3.83. The summed E-state index contributed by atoms with van der Waals surface area (Å²) in [5, 5.41) is 13.7. The predicted molar refractivity (Wildman–Crippen MR) is 78.9 cm³/mol. The summed E-state index contributed by atoms with van der Waals surface area (Å²) in [4.78, 5) is 16.3. The van der Waals surface area contributed by atoms with Gasteiger partial charge in [0, 0.05) is 25.2 Å². The van der Waals surface area contributed by atoms with E-state index in [1.165, 1.54) is 38.1 Å². The van der Waals surface area contributed by atoms with E-state index >= 15 is 0 Å². The maximum atomic E-state index is 10.5. The molecule has 2 rings (SSSR count). The summed E-state index contributed by atoms with van der Waals surface area (Å²) in [6.07, 6.45) is 6.55. The van der Waals surface area contributed by atoms with Gasteiger partial charge < -0.3 is 20.3 Å². The van der Waals surface area contributed by atoms with Crippen molar-refractivity contribution in [3.63, 3.8) is 0 Å². The molecular weight excluding hydrogens is 256 g/mol. The van der Waals surface area contributed by atoms with E-state index in [-0.39, 0.29) is 5.82 Å². The fraction of sp³-hybridized carbons (Fsp3) is 0.643. The van der Waals surface area contributed by atoms with E-state index in [1.807, 2.05) is 0 Å². The molecule has 1 aromatic heterocycles. The second-order valence-electron chi connectivity index (χ2n) is 5.32. The van der Waals surface area contributed by atoms with Crippen molar-refractivity contribution in [3.05, 3.63) is 28.4 Å². The van der Waals surface area contributed by atoms with Gasteiger partial charge in [0.05, 0.1) is 5.69 Å². The third kappa shape index (κ3) is 4.16. The summed E-state index contributed by atoms with van der Waals surface area (Å²) in [7, 11) is 0. The summed E-state index contributed by atoms with van der Waals surface area (Å²) in [5.41, 5.74) is 0.835. The first kappa shape index (κ1) is 14.7. The van der Waals surface area contributed by atoms with Crippen LogP contribution in [0.2, 0.25) is 0 Å². The van der Waals surface area contributed by atoms with Crippen LogP contribution in [0.5, 0.6) is 0 Å². The van der Waals surface area contributed by atoms with Crippen molar-refractivity contribution in [2.45, 2.75) is 38.6 Å². The number of hydrogen-bond donors (Lipinski definition) is 1. The Morgan fingerprint density at radius 2 is 2.35 bits per heavy atom. The van der Waals surface area contributed by atoms with Crippen LogP contribution in [0.1, 0.15) is 32.6 Å². The minimum Gasteiger partial charge on any atom is -0.382 e. The third-order valence-corrected chi connectivity index (χ3v) is 3.83. The monoisotopic (exact) mass is 278 g/mol. The summed E-state index contributed by atoms with van der Waals surface area (Å²) in [5.74, 6) is -0.113. The van der Waals surface area contributed by atoms with Crippen molar-refractivity contribution in [2.75, 3.05) is 25.0 Å². The van der Waals surface area contributed by atoms with Gasteiger partial charge in [-0.1, -0.05) is 6.42 Å². The van der Waals surface area contributed by atoms with Crippen molar-refractivity contribution in [1.29, 1.82) is 0 Å². The lowest BCUT2D eigenvalue weighted by Gasteiger charge is -2.33. The molecule has 0 saturated carbocycles. The second kappa shape index (κ2) is 7.19. The largest absolute Gasteiger partial charge is 0.382 e. The molecule has 0 radical (unpaired) electrons. The van der Waals surface area contributed by atoms with Crippen molar-refractivity contribution in [1.82, 2.24) is 9.88 Å². The van der Waals surface area contributed by atoms with Gasteiger partial charge in [-0.25, -0.2) is 0 Å². The van der Waals surface area contributed by atoms with E-state index in [4.69, 9.17) is 0 Å². The van der Waals surface area contributed by atoms with Crippen LogP contribution < -0.4 is 5.32 Å². The predicted octanol–water partition coefficient (Wildman–Crippen LogP) is 2.67. The second-order valence-corrected chi connectivity index (χ2v) is 5.32. The summed E-state index contributed by atoms with van der Waals surface area (Å²) in [6.45, 7) is 5.48. The molecule has 6 nitrogen and oxygen atoms in total. The molecule has 1 saturated heterocycles. The van der Waals surface area contributed by atoms with E-state index in [2.05, 4.69) is 22.1 Å². The smallest absolute Gasteiger partial charge is 0.363 e. The first-order valence-electron chi connectivity index (χ1n) is 7.25. The normalized spacial score (nSPS) is 19.8. The van der Waals surface area contributed by atoms with Crippen LogP contribution in [0.3, 0.4) is 0 Å². The Bertz CT molecular complexity index is 435. The molecule has 20 heavy (non-hydrogen) atoms. The summed E-state index contributed by atoms with van der Waals surface area (Å²) >= 11 is 0. The number of pyridine rings is 1. The molecule has 1 aliphatic rings. The molecule has 0 aromatic carbocycles. The van der Waals surface area contributed by atoms with Crippen LogP contribution in [0, 0.1) is 10.1 Å². The molecule has 0 aliphatic carbocycles. The molecule has 110 valence electrons. The van der Waals surface area contributed by atoms with Gasteiger partial charge in [-0.15, -0.1) is 0 Å².